The van der Waals surface area contributed by atoms with Gasteiger partial charge in [0.05, 0.1) is 0 Å². The molecule has 0 saturated carbocycles. The van der Waals surface area contributed by atoms with E-state index in [1.165, 1.54) is 6.92 Å². The number of hydrogen-bond donors (Lipinski definition) is 2. The van der Waals surface area contributed by atoms with Crippen LogP contribution in [-0.4, -0.2) is 33.2 Å². The number of carbonyl (C=O) groups is 2. The maximum atomic E-state index is 10.5. The molecule has 0 rings (SSSR count). The van der Waals surface area contributed by atoms with Gasteiger partial charge in [-0.25, -0.2) is 9.21 Å². The summed E-state index contributed by atoms with van der Waals surface area (Å²) in [6.07, 6.45) is 0. The van der Waals surface area contributed by atoms with Crippen molar-refractivity contribution in [3.8, 4) is 0 Å². The van der Waals surface area contributed by atoms with E-state index >= 15 is 0 Å². The Hall–Kier alpha value is -0.420. The van der Waals surface area contributed by atoms with Gasteiger partial charge in [0, 0.05) is 24.5 Å². The van der Waals surface area contributed by atoms with Crippen molar-refractivity contribution in [2.45, 2.75) is 13.0 Å². The molecule has 0 heterocycles. The van der Waals surface area contributed by atoms with Gasteiger partial charge in [-0.2, -0.15) is 12.6 Å². The number of carboxylic acid groups (broad SMARTS) is 1. The van der Waals surface area contributed by atoms with Crippen LogP contribution in [0.15, 0.2) is 0 Å². The molecule has 0 radical (unpaired) electrons. The highest BCUT2D eigenvalue weighted by Gasteiger charge is 2.24. The molecule has 6 heteroatoms. The van der Waals surface area contributed by atoms with Crippen LogP contribution >= 0.6 is 24.4 Å². The first-order valence-corrected chi connectivity index (χ1v) is 3.77. The van der Waals surface area contributed by atoms with Crippen molar-refractivity contribution in [1.29, 1.82) is 0 Å². The van der Waals surface area contributed by atoms with Crippen molar-refractivity contribution in [3.63, 3.8) is 0 Å². The quantitative estimate of drug-likeness (QED) is 0.508. The summed E-state index contributed by atoms with van der Waals surface area (Å²) in [4.78, 5) is 20.9. The molecule has 0 aromatic heterocycles. The van der Waals surface area contributed by atoms with Crippen molar-refractivity contribution in [1.82, 2.24) is 4.42 Å². The highest BCUT2D eigenvalue weighted by atomic mass is 35.5. The van der Waals surface area contributed by atoms with Crippen molar-refractivity contribution in [2.24, 2.45) is 0 Å². The Morgan fingerprint density at radius 1 is 1.73 bits per heavy atom. The third-order valence-electron chi connectivity index (χ3n) is 1.03. The molecular weight excluding hydrogens is 190 g/mol. The van der Waals surface area contributed by atoms with Gasteiger partial charge in [0.25, 0.3) is 0 Å². The zero-order valence-electron chi connectivity index (χ0n) is 5.82. The predicted molar refractivity (Wildman–Crippen MR) is 43.6 cm³/mol. The number of nitrogens with zero attached hydrogens (tertiary/aromatic N) is 1. The second kappa shape index (κ2) is 4.46. The molecule has 1 atom stereocenters. The lowest BCUT2D eigenvalue weighted by atomic mass is 10.3. The van der Waals surface area contributed by atoms with Gasteiger partial charge < -0.3 is 5.11 Å². The van der Waals surface area contributed by atoms with Crippen LogP contribution in [0, 0.1) is 0 Å². The van der Waals surface area contributed by atoms with Gasteiger partial charge in [0.15, 0.2) is 6.04 Å². The molecule has 0 saturated heterocycles. The van der Waals surface area contributed by atoms with Crippen molar-refractivity contribution < 1.29 is 14.7 Å². The van der Waals surface area contributed by atoms with Crippen LogP contribution in [0.2, 0.25) is 0 Å². The minimum Gasteiger partial charge on any atom is -0.480 e. The first-order chi connectivity index (χ1) is 5.00. The van der Waals surface area contributed by atoms with E-state index in [4.69, 9.17) is 16.9 Å². The molecule has 11 heavy (non-hydrogen) atoms. The minimum atomic E-state index is -1.16. The van der Waals surface area contributed by atoms with Crippen LogP contribution in [0.1, 0.15) is 6.92 Å². The average Bonchev–Trinajstić information content (AvgIpc) is 1.88. The van der Waals surface area contributed by atoms with E-state index in [0.717, 1.165) is 0 Å². The third-order valence-corrected chi connectivity index (χ3v) is 1.85. The van der Waals surface area contributed by atoms with Crippen LogP contribution in [0.4, 0.5) is 0 Å². The third kappa shape index (κ3) is 2.98. The van der Waals surface area contributed by atoms with Gasteiger partial charge in [0.2, 0.25) is 5.91 Å². The molecular formula is C5H8ClNO3S. The Balaban J connectivity index is 4.25. The van der Waals surface area contributed by atoms with E-state index in [0.29, 0.717) is 4.42 Å². The Labute approximate surface area is 74.6 Å². The van der Waals surface area contributed by atoms with Crippen molar-refractivity contribution in [3.05, 3.63) is 0 Å². The topological polar surface area (TPSA) is 57.6 Å². The fourth-order valence-corrected chi connectivity index (χ4v) is 1.03. The number of rotatable bonds is 3. The summed E-state index contributed by atoms with van der Waals surface area (Å²) >= 11 is 9.06. The summed E-state index contributed by atoms with van der Waals surface area (Å²) in [5.41, 5.74) is 0. The molecule has 0 aliphatic heterocycles. The molecule has 4 nitrogen and oxygen atoms in total. The highest BCUT2D eigenvalue weighted by molar-refractivity contribution is 7.80. The number of amides is 1. The monoisotopic (exact) mass is 197 g/mol. The second-order valence-corrected chi connectivity index (χ2v) is 2.60. The maximum absolute atomic E-state index is 10.5. The van der Waals surface area contributed by atoms with Crippen LogP contribution in [0.5, 0.6) is 0 Å². The van der Waals surface area contributed by atoms with Crippen LogP contribution < -0.4 is 0 Å². The lowest BCUT2D eigenvalue weighted by Crippen LogP contribution is -2.39. The van der Waals surface area contributed by atoms with Gasteiger partial charge in [0.1, 0.15) is 0 Å². The fraction of sp³-hybridized carbons (Fsp3) is 0.600. The molecule has 0 unspecified atom stereocenters. The molecule has 0 bridgehead atoms. The number of halogens is 1. The number of thiol groups is 1. The lowest BCUT2D eigenvalue weighted by Gasteiger charge is -2.17. The van der Waals surface area contributed by atoms with Crippen LogP contribution in [0.3, 0.4) is 0 Å². The molecule has 0 aromatic carbocycles. The standard InChI is InChI=1S/C5H8ClNO3S/c1-3(8)7(6)4(2-11)5(9)10/h4,11H,2H2,1H3,(H,9,10)/t4-/m0/s1. The molecule has 0 spiro atoms. The SMILES string of the molecule is CC(=O)N(Cl)[C@@H](CS)C(=O)O. The zero-order chi connectivity index (χ0) is 9.02. The zero-order valence-corrected chi connectivity index (χ0v) is 7.47. The lowest BCUT2D eigenvalue weighted by molar-refractivity contribution is -0.144. The molecule has 1 N–H and O–H groups in total. The molecule has 0 fully saturated rings. The Morgan fingerprint density at radius 2 is 2.18 bits per heavy atom. The Morgan fingerprint density at radius 3 is 2.27 bits per heavy atom. The van der Waals surface area contributed by atoms with Crippen molar-refractivity contribution >= 4 is 36.3 Å². The summed E-state index contributed by atoms with van der Waals surface area (Å²) in [5, 5.41) is 8.47. The highest BCUT2D eigenvalue weighted by Crippen LogP contribution is 2.05. The van der Waals surface area contributed by atoms with Crippen molar-refractivity contribution in [2.75, 3.05) is 5.75 Å². The number of carboxylic acids is 1. The summed E-state index contributed by atoms with van der Waals surface area (Å²) in [5.74, 6) is -1.67. The number of aliphatic carboxylic acids is 1. The summed E-state index contributed by atoms with van der Waals surface area (Å²) in [6.45, 7) is 1.19. The van der Waals surface area contributed by atoms with Gasteiger partial charge in [-0.1, -0.05) is 0 Å². The largest absolute Gasteiger partial charge is 0.480 e. The van der Waals surface area contributed by atoms with E-state index in [2.05, 4.69) is 12.6 Å². The van der Waals surface area contributed by atoms with E-state index < -0.39 is 17.9 Å². The summed E-state index contributed by atoms with van der Waals surface area (Å²) in [6, 6.07) is -1.06. The predicted octanol–water partition coefficient (Wildman–Crippen LogP) is 0.372. The minimum absolute atomic E-state index is 0.00157. The average molecular weight is 198 g/mol. The summed E-state index contributed by atoms with van der Waals surface area (Å²) in [7, 11) is 0. The molecule has 1 amide bonds. The second-order valence-electron chi connectivity index (χ2n) is 1.87. The van der Waals surface area contributed by atoms with Gasteiger partial charge in [-0.15, -0.1) is 0 Å². The normalized spacial score (nSPS) is 12.3. The number of carbonyl (C=O) groups excluding carboxylic acids is 1. The van der Waals surface area contributed by atoms with Gasteiger partial charge >= 0.3 is 5.97 Å². The number of hydrogen-bond acceptors (Lipinski definition) is 3. The maximum Gasteiger partial charge on any atom is 0.328 e. The van der Waals surface area contributed by atoms with Gasteiger partial charge in [-0.05, 0) is 0 Å². The fourth-order valence-electron chi connectivity index (χ4n) is 0.466. The first kappa shape index (κ1) is 10.6. The van der Waals surface area contributed by atoms with E-state index in [1.807, 2.05) is 0 Å². The van der Waals surface area contributed by atoms with Crippen LogP contribution in [-0.2, 0) is 9.59 Å². The smallest absolute Gasteiger partial charge is 0.328 e. The van der Waals surface area contributed by atoms with E-state index in [1.54, 1.807) is 0 Å². The molecule has 0 aliphatic carbocycles. The van der Waals surface area contributed by atoms with E-state index in [-0.39, 0.29) is 5.75 Å². The first-order valence-electron chi connectivity index (χ1n) is 2.80. The molecule has 64 valence electrons. The molecule has 0 aliphatic rings. The Bertz CT molecular complexity index is 175. The van der Waals surface area contributed by atoms with Crippen LogP contribution in [0.25, 0.3) is 0 Å². The summed E-state index contributed by atoms with van der Waals surface area (Å²) < 4.78 is 0.620. The van der Waals surface area contributed by atoms with E-state index in [9.17, 15) is 9.59 Å². The Kier molecular flexibility index (Phi) is 4.29. The van der Waals surface area contributed by atoms with Gasteiger partial charge in [-0.3, -0.25) is 4.79 Å². The molecule has 0 aromatic rings.